The number of hydrogen-bond donors (Lipinski definition) is 1. The molecule has 2 heterocycles. The summed E-state index contributed by atoms with van der Waals surface area (Å²) in [6, 6.07) is 15.7. The van der Waals surface area contributed by atoms with Crippen LogP contribution in [0, 0.1) is 0 Å². The van der Waals surface area contributed by atoms with Crippen LogP contribution in [-0.4, -0.2) is 16.7 Å². The van der Waals surface area contributed by atoms with Crippen molar-refractivity contribution >= 4 is 10.9 Å². The van der Waals surface area contributed by atoms with Crippen LogP contribution >= 0.6 is 0 Å². The van der Waals surface area contributed by atoms with E-state index in [0.29, 0.717) is 0 Å². The maximum atomic E-state index is 10.6. The normalized spacial score (nSPS) is 14.7. The summed E-state index contributed by atoms with van der Waals surface area (Å²) in [5.74, 6) is 0.936. The number of benzene rings is 2. The zero-order valence-electron chi connectivity index (χ0n) is 11.5. The van der Waals surface area contributed by atoms with E-state index >= 15 is 0 Å². The summed E-state index contributed by atoms with van der Waals surface area (Å²) in [5.41, 5.74) is 3.83. The highest BCUT2D eigenvalue weighted by molar-refractivity contribution is 5.79. The Bertz CT molecular complexity index is 813. The minimum absolute atomic E-state index is 0.637. The Morgan fingerprint density at radius 2 is 1.90 bits per heavy atom. The van der Waals surface area contributed by atoms with Crippen molar-refractivity contribution in [3.05, 3.63) is 71.4 Å². The first-order valence-electron chi connectivity index (χ1n) is 7.10. The fourth-order valence-corrected chi connectivity index (χ4v) is 2.82. The summed E-state index contributed by atoms with van der Waals surface area (Å²) in [5, 5.41) is 11.7. The van der Waals surface area contributed by atoms with Crippen LogP contribution in [0.3, 0.4) is 0 Å². The minimum atomic E-state index is -0.637. The van der Waals surface area contributed by atoms with Crippen LogP contribution < -0.4 is 4.74 Å². The third-order valence-corrected chi connectivity index (χ3v) is 3.97. The molecule has 4 rings (SSSR count). The van der Waals surface area contributed by atoms with Crippen molar-refractivity contribution in [2.24, 2.45) is 0 Å². The van der Waals surface area contributed by atoms with Gasteiger partial charge in [0.05, 0.1) is 12.1 Å². The lowest BCUT2D eigenvalue weighted by Crippen LogP contribution is -2.00. The molecule has 0 radical (unpaired) electrons. The number of fused-ring (bicyclic) bond motifs is 2. The van der Waals surface area contributed by atoms with Gasteiger partial charge in [0.15, 0.2) is 0 Å². The second-order valence-electron chi connectivity index (χ2n) is 5.32. The SMILES string of the molecule is OC(c1ccc2c(c1)CCO2)c1ccc2cccnc2c1. The average Bonchev–Trinajstić information content (AvgIpc) is 3.01. The van der Waals surface area contributed by atoms with Gasteiger partial charge in [0.2, 0.25) is 0 Å². The lowest BCUT2D eigenvalue weighted by atomic mass is 9.98. The van der Waals surface area contributed by atoms with Crippen LogP contribution in [0.1, 0.15) is 22.8 Å². The fraction of sp³-hybridized carbons (Fsp3) is 0.167. The van der Waals surface area contributed by atoms with Gasteiger partial charge in [0, 0.05) is 18.0 Å². The van der Waals surface area contributed by atoms with E-state index in [0.717, 1.165) is 40.8 Å². The highest BCUT2D eigenvalue weighted by atomic mass is 16.5. The summed E-state index contributed by atoms with van der Waals surface area (Å²) in [6.45, 7) is 0.731. The standard InChI is InChI=1S/C18H15NO2/c20-18(14-5-6-17-13(10-14)7-9-21-17)15-4-3-12-2-1-8-19-16(12)11-15/h1-6,8,10-11,18,20H,7,9H2. The van der Waals surface area contributed by atoms with E-state index in [1.165, 1.54) is 5.56 Å². The van der Waals surface area contributed by atoms with Gasteiger partial charge in [0.1, 0.15) is 11.9 Å². The van der Waals surface area contributed by atoms with Crippen LogP contribution in [0.15, 0.2) is 54.7 Å². The smallest absolute Gasteiger partial charge is 0.122 e. The summed E-state index contributed by atoms with van der Waals surface area (Å²) in [4.78, 5) is 4.34. The number of aromatic nitrogens is 1. The van der Waals surface area contributed by atoms with E-state index in [1.807, 2.05) is 48.5 Å². The molecule has 1 atom stereocenters. The highest BCUT2D eigenvalue weighted by Crippen LogP contribution is 2.31. The summed E-state index contributed by atoms with van der Waals surface area (Å²) >= 11 is 0. The Morgan fingerprint density at radius 1 is 1.05 bits per heavy atom. The van der Waals surface area contributed by atoms with E-state index in [4.69, 9.17) is 4.74 Å². The molecule has 1 N–H and O–H groups in total. The van der Waals surface area contributed by atoms with E-state index in [9.17, 15) is 5.11 Å². The minimum Gasteiger partial charge on any atom is -0.493 e. The Labute approximate surface area is 122 Å². The van der Waals surface area contributed by atoms with Crippen molar-refractivity contribution in [2.75, 3.05) is 6.61 Å². The molecule has 0 amide bonds. The van der Waals surface area contributed by atoms with Gasteiger partial charge in [-0.3, -0.25) is 4.98 Å². The zero-order chi connectivity index (χ0) is 14.2. The lowest BCUT2D eigenvalue weighted by molar-refractivity contribution is 0.220. The first-order valence-corrected chi connectivity index (χ1v) is 7.10. The third-order valence-electron chi connectivity index (χ3n) is 3.97. The van der Waals surface area contributed by atoms with Gasteiger partial charge < -0.3 is 9.84 Å². The lowest BCUT2D eigenvalue weighted by Gasteiger charge is -2.13. The monoisotopic (exact) mass is 277 g/mol. The maximum absolute atomic E-state index is 10.6. The average molecular weight is 277 g/mol. The number of nitrogens with zero attached hydrogens (tertiary/aromatic N) is 1. The van der Waals surface area contributed by atoms with Crippen LogP contribution in [0.2, 0.25) is 0 Å². The van der Waals surface area contributed by atoms with Crippen LogP contribution in [-0.2, 0) is 6.42 Å². The maximum Gasteiger partial charge on any atom is 0.122 e. The number of hydrogen-bond acceptors (Lipinski definition) is 3. The van der Waals surface area contributed by atoms with Gasteiger partial charge in [-0.05, 0) is 41.0 Å². The van der Waals surface area contributed by atoms with Gasteiger partial charge in [-0.15, -0.1) is 0 Å². The molecule has 104 valence electrons. The number of rotatable bonds is 2. The predicted molar refractivity (Wildman–Crippen MR) is 81.4 cm³/mol. The van der Waals surface area contributed by atoms with Gasteiger partial charge >= 0.3 is 0 Å². The fourth-order valence-electron chi connectivity index (χ4n) is 2.82. The molecule has 0 saturated carbocycles. The van der Waals surface area contributed by atoms with Crippen molar-refractivity contribution in [1.29, 1.82) is 0 Å². The number of aliphatic hydroxyl groups excluding tert-OH is 1. The highest BCUT2D eigenvalue weighted by Gasteiger charge is 2.16. The number of ether oxygens (including phenoxy) is 1. The number of aliphatic hydroxyl groups is 1. The van der Waals surface area contributed by atoms with Crippen molar-refractivity contribution in [3.8, 4) is 5.75 Å². The Balaban J connectivity index is 1.73. The molecule has 0 bridgehead atoms. The topological polar surface area (TPSA) is 42.4 Å². The van der Waals surface area contributed by atoms with Crippen LogP contribution in [0.5, 0.6) is 5.75 Å². The van der Waals surface area contributed by atoms with Crippen molar-refractivity contribution in [2.45, 2.75) is 12.5 Å². The first-order chi connectivity index (χ1) is 10.3. The molecule has 0 fully saturated rings. The predicted octanol–water partition coefficient (Wildman–Crippen LogP) is 3.25. The summed E-state index contributed by atoms with van der Waals surface area (Å²) < 4.78 is 5.50. The summed E-state index contributed by atoms with van der Waals surface area (Å²) in [7, 11) is 0. The largest absolute Gasteiger partial charge is 0.493 e. The molecule has 3 nitrogen and oxygen atoms in total. The Hall–Kier alpha value is -2.39. The van der Waals surface area contributed by atoms with E-state index in [2.05, 4.69) is 4.98 Å². The quantitative estimate of drug-likeness (QED) is 0.782. The van der Waals surface area contributed by atoms with Gasteiger partial charge in [-0.25, -0.2) is 0 Å². The second-order valence-corrected chi connectivity index (χ2v) is 5.32. The Morgan fingerprint density at radius 3 is 2.86 bits per heavy atom. The molecule has 1 aliphatic rings. The van der Waals surface area contributed by atoms with Crippen molar-refractivity contribution in [3.63, 3.8) is 0 Å². The molecule has 0 spiro atoms. The van der Waals surface area contributed by atoms with E-state index in [-0.39, 0.29) is 0 Å². The third kappa shape index (κ3) is 2.16. The van der Waals surface area contributed by atoms with Crippen LogP contribution in [0.25, 0.3) is 10.9 Å². The molecule has 1 aliphatic heterocycles. The molecule has 2 aromatic carbocycles. The van der Waals surface area contributed by atoms with Crippen LogP contribution in [0.4, 0.5) is 0 Å². The molecule has 0 aliphatic carbocycles. The number of pyridine rings is 1. The van der Waals surface area contributed by atoms with Crippen molar-refractivity contribution in [1.82, 2.24) is 4.98 Å². The molecule has 3 aromatic rings. The molecule has 3 heteroatoms. The van der Waals surface area contributed by atoms with Gasteiger partial charge in [-0.1, -0.05) is 24.3 Å². The zero-order valence-corrected chi connectivity index (χ0v) is 11.5. The van der Waals surface area contributed by atoms with E-state index < -0.39 is 6.10 Å². The second kappa shape index (κ2) is 4.86. The van der Waals surface area contributed by atoms with E-state index in [1.54, 1.807) is 6.20 Å². The van der Waals surface area contributed by atoms with Gasteiger partial charge in [0.25, 0.3) is 0 Å². The van der Waals surface area contributed by atoms with Gasteiger partial charge in [-0.2, -0.15) is 0 Å². The van der Waals surface area contributed by atoms with Crippen molar-refractivity contribution < 1.29 is 9.84 Å². The molecular weight excluding hydrogens is 262 g/mol. The molecule has 1 unspecified atom stereocenters. The molecule has 0 saturated heterocycles. The first kappa shape index (κ1) is 12.4. The molecular formula is C18H15NO2. The summed E-state index contributed by atoms with van der Waals surface area (Å²) in [6.07, 6.45) is 2.04. The molecule has 21 heavy (non-hydrogen) atoms. The molecule has 1 aromatic heterocycles. The Kier molecular flexibility index (Phi) is 2.86.